The Bertz CT molecular complexity index is 463. The zero-order valence-electron chi connectivity index (χ0n) is 10.3. The zero-order valence-corrected chi connectivity index (χ0v) is 10.3. The minimum Gasteiger partial charge on any atom is -0.361 e. The Hall–Kier alpha value is -1.28. The van der Waals surface area contributed by atoms with Gasteiger partial charge in [0.25, 0.3) is 0 Å². The molecule has 2 rings (SSSR count). The van der Waals surface area contributed by atoms with Crippen LogP contribution in [-0.4, -0.2) is 11.5 Å². The summed E-state index contributed by atoms with van der Waals surface area (Å²) < 4.78 is 0. The summed E-state index contributed by atoms with van der Waals surface area (Å²) in [7, 11) is 0. The minimum absolute atomic E-state index is 0.339. The molecule has 0 unspecified atom stereocenters. The molecule has 0 aliphatic heterocycles. The number of fused-ring (bicyclic) bond motifs is 1. The molecule has 0 atom stereocenters. The molecule has 0 aliphatic rings. The summed E-state index contributed by atoms with van der Waals surface area (Å²) in [5.41, 5.74) is 2.92. The Kier molecular flexibility index (Phi) is 3.01. The predicted molar refractivity (Wildman–Crippen MR) is 69.5 cm³/mol. The van der Waals surface area contributed by atoms with E-state index >= 15 is 0 Å². The van der Waals surface area contributed by atoms with Gasteiger partial charge in [-0.15, -0.1) is 0 Å². The van der Waals surface area contributed by atoms with Crippen molar-refractivity contribution >= 4 is 10.9 Å². The lowest BCUT2D eigenvalue weighted by Crippen LogP contribution is -2.26. The van der Waals surface area contributed by atoms with E-state index in [9.17, 15) is 0 Å². The molecule has 1 aromatic carbocycles. The Balaban J connectivity index is 2.07. The van der Waals surface area contributed by atoms with Crippen LogP contribution in [0.2, 0.25) is 0 Å². The van der Waals surface area contributed by atoms with Gasteiger partial charge in [0.05, 0.1) is 0 Å². The van der Waals surface area contributed by atoms with Crippen molar-refractivity contribution in [2.75, 3.05) is 6.54 Å². The maximum absolute atomic E-state index is 3.51. The van der Waals surface area contributed by atoms with E-state index in [2.05, 4.69) is 55.3 Å². The second-order valence-corrected chi connectivity index (χ2v) is 5.52. The molecule has 0 amide bonds. The van der Waals surface area contributed by atoms with E-state index in [1.165, 1.54) is 16.5 Å². The molecule has 0 aliphatic carbocycles. The number of hydrogen-bond acceptors (Lipinski definition) is 1. The number of aromatic nitrogens is 1. The van der Waals surface area contributed by atoms with Crippen molar-refractivity contribution in [1.82, 2.24) is 10.3 Å². The van der Waals surface area contributed by atoms with E-state index in [4.69, 9.17) is 0 Å². The summed E-state index contributed by atoms with van der Waals surface area (Å²) in [5, 5.41) is 4.83. The van der Waals surface area contributed by atoms with E-state index in [1.54, 1.807) is 0 Å². The van der Waals surface area contributed by atoms with Gasteiger partial charge in [0.2, 0.25) is 0 Å². The van der Waals surface area contributed by atoms with Gasteiger partial charge in [0.15, 0.2) is 0 Å². The lowest BCUT2D eigenvalue weighted by atomic mass is 9.97. The number of rotatable bonds is 3. The van der Waals surface area contributed by atoms with Gasteiger partial charge in [-0.3, -0.25) is 0 Å². The maximum Gasteiger partial charge on any atom is 0.0457 e. The topological polar surface area (TPSA) is 27.8 Å². The van der Waals surface area contributed by atoms with Crippen LogP contribution in [0.5, 0.6) is 0 Å². The minimum atomic E-state index is 0.339. The largest absolute Gasteiger partial charge is 0.361 e. The van der Waals surface area contributed by atoms with Crippen LogP contribution in [0.25, 0.3) is 10.9 Å². The third-order valence-electron chi connectivity index (χ3n) is 2.66. The molecule has 0 saturated heterocycles. The van der Waals surface area contributed by atoms with Crippen LogP contribution in [0, 0.1) is 5.41 Å². The highest BCUT2D eigenvalue weighted by Gasteiger charge is 2.09. The van der Waals surface area contributed by atoms with E-state index in [0.29, 0.717) is 5.41 Å². The van der Waals surface area contributed by atoms with E-state index in [-0.39, 0.29) is 0 Å². The molecule has 2 nitrogen and oxygen atoms in total. The van der Waals surface area contributed by atoms with Crippen LogP contribution in [0.3, 0.4) is 0 Å². The molecule has 2 aromatic rings. The summed E-state index contributed by atoms with van der Waals surface area (Å²) in [4.78, 5) is 3.24. The van der Waals surface area contributed by atoms with Crippen LogP contribution in [0.1, 0.15) is 26.3 Å². The molecular formula is C14H20N2. The maximum atomic E-state index is 3.51. The molecule has 0 radical (unpaired) electrons. The van der Waals surface area contributed by atoms with Gasteiger partial charge < -0.3 is 10.3 Å². The lowest BCUT2D eigenvalue weighted by Gasteiger charge is -2.18. The Morgan fingerprint density at radius 3 is 2.75 bits per heavy atom. The summed E-state index contributed by atoms with van der Waals surface area (Å²) in [6.45, 7) is 8.71. The normalized spacial score (nSPS) is 12.2. The molecule has 0 spiro atoms. The van der Waals surface area contributed by atoms with Gasteiger partial charge in [0.1, 0.15) is 0 Å². The Labute approximate surface area is 97.1 Å². The molecule has 1 heterocycles. The molecule has 0 saturated carbocycles. The number of H-pyrrole nitrogens is 1. The van der Waals surface area contributed by atoms with E-state index < -0.39 is 0 Å². The van der Waals surface area contributed by atoms with Crippen molar-refractivity contribution in [2.24, 2.45) is 5.41 Å². The molecule has 2 N–H and O–H groups in total. The van der Waals surface area contributed by atoms with E-state index in [1.807, 2.05) is 6.20 Å². The number of aromatic amines is 1. The molecule has 2 heteroatoms. The average Bonchev–Trinajstić information content (AvgIpc) is 2.64. The highest BCUT2D eigenvalue weighted by atomic mass is 14.9. The second-order valence-electron chi connectivity index (χ2n) is 5.52. The number of hydrogen-bond donors (Lipinski definition) is 2. The molecular weight excluding hydrogens is 196 g/mol. The fraction of sp³-hybridized carbons (Fsp3) is 0.429. The van der Waals surface area contributed by atoms with Crippen molar-refractivity contribution < 1.29 is 0 Å². The molecule has 86 valence electrons. The first-order chi connectivity index (χ1) is 7.56. The first-order valence-corrected chi connectivity index (χ1v) is 5.82. The number of benzene rings is 1. The van der Waals surface area contributed by atoms with Crippen LogP contribution < -0.4 is 5.32 Å². The van der Waals surface area contributed by atoms with Gasteiger partial charge in [-0.25, -0.2) is 0 Å². The van der Waals surface area contributed by atoms with Crippen molar-refractivity contribution in [3.63, 3.8) is 0 Å². The average molecular weight is 216 g/mol. The van der Waals surface area contributed by atoms with Crippen LogP contribution in [0.4, 0.5) is 0 Å². The van der Waals surface area contributed by atoms with Crippen molar-refractivity contribution in [3.05, 3.63) is 36.0 Å². The predicted octanol–water partition coefficient (Wildman–Crippen LogP) is 3.30. The monoisotopic (exact) mass is 216 g/mol. The Morgan fingerprint density at radius 2 is 2.00 bits per heavy atom. The zero-order chi connectivity index (χ0) is 11.6. The number of nitrogens with one attached hydrogen (secondary N) is 2. The van der Waals surface area contributed by atoms with Gasteiger partial charge in [-0.2, -0.15) is 0 Å². The molecule has 0 bridgehead atoms. The first kappa shape index (κ1) is 11.2. The van der Waals surface area contributed by atoms with Crippen LogP contribution >= 0.6 is 0 Å². The molecule has 0 fully saturated rings. The van der Waals surface area contributed by atoms with Crippen LogP contribution in [-0.2, 0) is 6.54 Å². The quantitative estimate of drug-likeness (QED) is 0.809. The Morgan fingerprint density at radius 1 is 1.19 bits per heavy atom. The fourth-order valence-electron chi connectivity index (χ4n) is 1.88. The molecule has 16 heavy (non-hydrogen) atoms. The standard InChI is InChI=1S/C14H20N2/c1-14(2,3)10-15-9-11-5-4-6-13-12(11)7-8-16-13/h4-8,15-16H,9-10H2,1-3H3. The first-order valence-electron chi connectivity index (χ1n) is 5.82. The van der Waals surface area contributed by atoms with Crippen molar-refractivity contribution in [3.8, 4) is 0 Å². The van der Waals surface area contributed by atoms with E-state index in [0.717, 1.165) is 13.1 Å². The third-order valence-corrected chi connectivity index (χ3v) is 2.66. The second kappa shape index (κ2) is 4.30. The lowest BCUT2D eigenvalue weighted by molar-refractivity contribution is 0.379. The van der Waals surface area contributed by atoms with Crippen molar-refractivity contribution in [1.29, 1.82) is 0 Å². The van der Waals surface area contributed by atoms with Gasteiger partial charge >= 0.3 is 0 Å². The van der Waals surface area contributed by atoms with Gasteiger partial charge in [-0.1, -0.05) is 32.9 Å². The third kappa shape index (κ3) is 2.64. The molecule has 1 aromatic heterocycles. The van der Waals surface area contributed by atoms with Crippen molar-refractivity contribution in [2.45, 2.75) is 27.3 Å². The van der Waals surface area contributed by atoms with Crippen LogP contribution in [0.15, 0.2) is 30.5 Å². The smallest absolute Gasteiger partial charge is 0.0457 e. The summed E-state index contributed by atoms with van der Waals surface area (Å²) in [5.74, 6) is 0. The summed E-state index contributed by atoms with van der Waals surface area (Å²) in [6.07, 6.45) is 2.00. The SMILES string of the molecule is CC(C)(C)CNCc1cccc2[nH]ccc12. The highest BCUT2D eigenvalue weighted by Crippen LogP contribution is 2.17. The van der Waals surface area contributed by atoms with Gasteiger partial charge in [0, 0.05) is 30.2 Å². The summed E-state index contributed by atoms with van der Waals surface area (Å²) >= 11 is 0. The fourth-order valence-corrected chi connectivity index (χ4v) is 1.88. The van der Waals surface area contributed by atoms with Gasteiger partial charge in [-0.05, 0) is 23.1 Å². The summed E-state index contributed by atoms with van der Waals surface area (Å²) in [6, 6.07) is 8.55. The highest BCUT2D eigenvalue weighted by molar-refractivity contribution is 5.82.